The molecule has 7 aliphatic rings. The van der Waals surface area contributed by atoms with Crippen LogP contribution in [0.1, 0.15) is 131 Å². The van der Waals surface area contributed by atoms with Crippen molar-refractivity contribution < 1.29 is 34.1 Å². The van der Waals surface area contributed by atoms with E-state index < -0.39 is 34.8 Å². The molecular formula is C54H76N6O7. The number of cyclic esters (lactones) is 1. The first-order valence-electron chi connectivity index (χ1n) is 25.2. The van der Waals surface area contributed by atoms with Gasteiger partial charge in [0.15, 0.2) is 11.4 Å². The molecule has 8 rings (SSSR count). The Labute approximate surface area is 397 Å². The van der Waals surface area contributed by atoms with E-state index in [4.69, 9.17) is 15.2 Å². The van der Waals surface area contributed by atoms with Gasteiger partial charge < -0.3 is 52.0 Å². The number of Topliss-reactive ketones (excluding diaryl/α,β-unsaturated/α-hetero) is 2. The van der Waals surface area contributed by atoms with Gasteiger partial charge in [-0.15, -0.1) is 0 Å². The molecule has 9 N–H and O–H groups in total. The Morgan fingerprint density at radius 1 is 1.06 bits per heavy atom. The second-order valence-electron chi connectivity index (χ2n) is 20.8. The minimum absolute atomic E-state index is 0.0474. The van der Waals surface area contributed by atoms with Crippen molar-refractivity contribution in [1.29, 1.82) is 0 Å². The quantitative estimate of drug-likeness (QED) is 0.0321. The average molecular weight is 921 g/mol. The van der Waals surface area contributed by atoms with Crippen molar-refractivity contribution in [3.05, 3.63) is 106 Å². The van der Waals surface area contributed by atoms with Crippen molar-refractivity contribution >= 4 is 17.5 Å². The van der Waals surface area contributed by atoms with E-state index in [0.29, 0.717) is 74.2 Å². The summed E-state index contributed by atoms with van der Waals surface area (Å²) in [5.74, 6) is 0.310. The van der Waals surface area contributed by atoms with E-state index >= 15 is 14.4 Å². The minimum Gasteiger partial charge on any atom is -0.459 e. The van der Waals surface area contributed by atoms with Gasteiger partial charge >= 0.3 is 5.97 Å². The lowest BCUT2D eigenvalue weighted by molar-refractivity contribution is -0.159. The van der Waals surface area contributed by atoms with Gasteiger partial charge in [-0.05, 0) is 149 Å². The van der Waals surface area contributed by atoms with Crippen LogP contribution in [0.15, 0.2) is 89.0 Å². The molecule has 67 heavy (non-hydrogen) atoms. The van der Waals surface area contributed by atoms with Crippen LogP contribution in [-0.2, 0) is 20.7 Å². The fourth-order valence-corrected chi connectivity index (χ4v) is 12.6. The summed E-state index contributed by atoms with van der Waals surface area (Å²) in [5, 5.41) is 38.0. The number of ketones is 2. The lowest BCUT2D eigenvalue weighted by Crippen LogP contribution is -2.54. The molecule has 1 aromatic rings. The van der Waals surface area contributed by atoms with Crippen molar-refractivity contribution in [2.24, 2.45) is 34.8 Å². The van der Waals surface area contributed by atoms with Crippen LogP contribution in [0.25, 0.3) is 0 Å². The average Bonchev–Trinajstić information content (AvgIpc) is 4.03. The first kappa shape index (κ1) is 49.1. The second kappa shape index (κ2) is 21.1. The molecule has 1 saturated heterocycles. The molecule has 3 aliphatic carbocycles. The molecule has 0 amide bonds. The molecule has 10 unspecified atom stereocenters. The Bertz CT molecular complexity index is 2210. The molecule has 4 bridgehead atoms. The summed E-state index contributed by atoms with van der Waals surface area (Å²) < 4.78 is 13.4. The summed E-state index contributed by atoms with van der Waals surface area (Å²) in [6.07, 6.45) is 24.2. The van der Waals surface area contributed by atoms with Crippen molar-refractivity contribution in [2.45, 2.75) is 140 Å². The highest BCUT2D eigenvalue weighted by atomic mass is 16.7. The van der Waals surface area contributed by atoms with Gasteiger partial charge in [0.05, 0.1) is 19.4 Å². The third-order valence-electron chi connectivity index (χ3n) is 16.2. The number of dihydropyridines is 2. The van der Waals surface area contributed by atoms with Gasteiger partial charge in [0.1, 0.15) is 11.9 Å². The number of nitrogens with two attached hydrogens (primary N) is 1. The number of epoxide rings is 1. The zero-order valence-corrected chi connectivity index (χ0v) is 40.3. The lowest BCUT2D eigenvalue weighted by Gasteiger charge is -2.48. The Morgan fingerprint density at radius 3 is 2.67 bits per heavy atom. The molecule has 13 nitrogen and oxygen atoms in total. The summed E-state index contributed by atoms with van der Waals surface area (Å²) in [4.78, 5) is 46.6. The standard InChI is InChI=1S/C54H76N6O7/c1-5-57-44-26-38-13-8-12-37-11-6-7-22-52(3,28-36-19-20-46(55)59-31-36)29-39-14-9-15-41-48(39)50(64)54(51(65)66-45(16-10-24-61)43(44)27-42(37)38)53(67-54,49(41)63)30-40(32-62)34(2)17-18-35-21-23-58-47(25-35)60-33-56-4/h8-9,13-15,19-21,25,31,37-38,42-46,56-62H,5-7,10-12,16-18,22-24,26-30,32-33,55H2,1-4H3. The number of nitrogens with one attached hydrogen (secondary N) is 5. The first-order chi connectivity index (χ1) is 32.4. The van der Waals surface area contributed by atoms with Crippen molar-refractivity contribution in [1.82, 2.24) is 26.6 Å². The maximum Gasteiger partial charge on any atom is 0.350 e. The monoisotopic (exact) mass is 921 g/mol. The third kappa shape index (κ3) is 10.1. The van der Waals surface area contributed by atoms with E-state index in [2.05, 4.69) is 70.8 Å². The van der Waals surface area contributed by atoms with Crippen LogP contribution < -0.4 is 32.3 Å². The number of fused-ring (bicyclic) bond motifs is 1. The number of aliphatic hydroxyl groups is 2. The Morgan fingerprint density at radius 2 is 1.91 bits per heavy atom. The van der Waals surface area contributed by atoms with E-state index in [1.807, 2.05) is 38.4 Å². The highest BCUT2D eigenvalue weighted by Gasteiger charge is 2.86. The highest BCUT2D eigenvalue weighted by Crippen LogP contribution is 2.61. The first-order valence-corrected chi connectivity index (χ1v) is 25.2. The van der Waals surface area contributed by atoms with Gasteiger partial charge in [-0.25, -0.2) is 4.79 Å². The van der Waals surface area contributed by atoms with Crippen LogP contribution in [0, 0.1) is 29.1 Å². The van der Waals surface area contributed by atoms with Crippen LogP contribution in [0.2, 0.25) is 0 Å². The molecule has 1 spiro atoms. The van der Waals surface area contributed by atoms with E-state index in [9.17, 15) is 10.2 Å². The topological polar surface area (TPSA) is 200 Å². The molecule has 10 atom stereocenters. The summed E-state index contributed by atoms with van der Waals surface area (Å²) in [7, 11) is 1.88. The summed E-state index contributed by atoms with van der Waals surface area (Å²) >= 11 is 0. The predicted molar refractivity (Wildman–Crippen MR) is 260 cm³/mol. The maximum atomic E-state index is 15.7. The molecule has 13 heteroatoms. The Hall–Kier alpha value is -4.37. The van der Waals surface area contributed by atoms with Crippen molar-refractivity contribution in [3.63, 3.8) is 0 Å². The fourth-order valence-electron chi connectivity index (χ4n) is 12.6. The summed E-state index contributed by atoms with van der Waals surface area (Å²) in [5.41, 5.74) is 6.58. The van der Waals surface area contributed by atoms with Crippen LogP contribution in [-0.4, -0.2) is 97.3 Å². The Balaban J connectivity index is 1.20. The van der Waals surface area contributed by atoms with Gasteiger partial charge in [0, 0.05) is 48.9 Å². The van der Waals surface area contributed by atoms with Crippen LogP contribution in [0.4, 0.5) is 0 Å². The van der Waals surface area contributed by atoms with Crippen molar-refractivity contribution in [2.75, 3.05) is 40.0 Å². The molecule has 1 aromatic carbocycles. The SMILES string of the molecule is CCNC1CC2C=CCC3CCCCC(C)(CC4=CNC(N)C=C4)Cc4cccc5c4C(=O)C4(OC4(CC(CO)=C(C)CCC4=CCNC(NCNC)=C4)C5=O)C(=O)OC(CCCO)C1CC23. The van der Waals surface area contributed by atoms with E-state index in [0.717, 1.165) is 80.5 Å². The predicted octanol–water partition coefficient (Wildman–Crippen LogP) is 5.91. The number of ether oxygens (including phenoxy) is 2. The number of hydrogen-bond acceptors (Lipinski definition) is 13. The number of carbonyl (C=O) groups excluding carboxylic acids is 3. The largest absolute Gasteiger partial charge is 0.459 e. The smallest absolute Gasteiger partial charge is 0.350 e. The van der Waals surface area contributed by atoms with Gasteiger partial charge in [-0.1, -0.05) is 74.8 Å². The molecule has 364 valence electrons. The van der Waals surface area contributed by atoms with E-state index in [1.165, 1.54) is 0 Å². The maximum absolute atomic E-state index is 15.7. The third-order valence-corrected chi connectivity index (χ3v) is 16.2. The van der Waals surface area contributed by atoms with E-state index in [-0.39, 0.29) is 54.3 Å². The molecule has 0 aromatic heterocycles. The number of rotatable bonds is 16. The number of aliphatic hydroxyl groups excluding tert-OH is 2. The van der Waals surface area contributed by atoms with Crippen LogP contribution in [0.3, 0.4) is 0 Å². The molecule has 4 aliphatic heterocycles. The fraction of sp³-hybridized carbons (Fsp3) is 0.611. The Kier molecular flexibility index (Phi) is 15.4. The lowest BCUT2D eigenvalue weighted by atomic mass is 9.61. The zero-order chi connectivity index (χ0) is 47.3. The number of hydrogen-bond donors (Lipinski definition) is 8. The van der Waals surface area contributed by atoms with Crippen LogP contribution in [0.5, 0.6) is 0 Å². The van der Waals surface area contributed by atoms with Gasteiger partial charge in [0.25, 0.3) is 5.60 Å². The number of allylic oxidation sites excluding steroid dienone is 7. The van der Waals surface area contributed by atoms with Gasteiger partial charge in [-0.3, -0.25) is 9.59 Å². The van der Waals surface area contributed by atoms with Gasteiger partial charge in [0.2, 0.25) is 5.78 Å². The second-order valence-corrected chi connectivity index (χ2v) is 20.8. The summed E-state index contributed by atoms with van der Waals surface area (Å²) in [6.45, 7) is 7.92. The summed E-state index contributed by atoms with van der Waals surface area (Å²) in [6, 6.07) is 5.52. The number of carbonyl (C=O) groups is 3. The molecule has 1 saturated carbocycles. The van der Waals surface area contributed by atoms with Crippen LogP contribution >= 0.6 is 0 Å². The normalized spacial score (nSPS) is 34.0. The molecule has 2 fully saturated rings. The van der Waals surface area contributed by atoms with E-state index in [1.54, 1.807) is 6.07 Å². The molecular weight excluding hydrogens is 845 g/mol. The molecule has 0 radical (unpaired) electrons. The van der Waals surface area contributed by atoms with Crippen molar-refractivity contribution in [3.8, 4) is 0 Å². The zero-order valence-electron chi connectivity index (χ0n) is 40.3. The van der Waals surface area contributed by atoms with Gasteiger partial charge in [-0.2, -0.15) is 0 Å². The number of benzene rings is 1. The highest BCUT2D eigenvalue weighted by molar-refractivity contribution is 6.33. The number of esters is 1. The minimum atomic E-state index is -2.24. The molecule has 4 heterocycles.